The summed E-state index contributed by atoms with van der Waals surface area (Å²) >= 11 is 0. The van der Waals surface area contributed by atoms with Crippen LogP contribution in [0.25, 0.3) is 0 Å². The third-order valence-corrected chi connectivity index (χ3v) is 3.06. The summed E-state index contributed by atoms with van der Waals surface area (Å²) in [5.74, 6) is 6.36. The highest BCUT2D eigenvalue weighted by Crippen LogP contribution is 2.13. The Kier molecular flexibility index (Phi) is 2.84. The molecule has 0 atom stereocenters. The van der Waals surface area contributed by atoms with Gasteiger partial charge in [-0.3, -0.25) is 4.79 Å². The molecule has 0 spiro atoms. The van der Waals surface area contributed by atoms with Gasteiger partial charge in [-0.2, -0.15) is 0 Å². The van der Waals surface area contributed by atoms with Crippen LogP contribution in [-0.2, 0) is 13.1 Å². The molecule has 0 radical (unpaired) electrons. The van der Waals surface area contributed by atoms with Crippen molar-refractivity contribution in [3.63, 3.8) is 0 Å². The number of nitrogen functional groups attached to an aromatic ring is 1. The predicted molar refractivity (Wildman–Crippen MR) is 66.8 cm³/mol. The van der Waals surface area contributed by atoms with E-state index >= 15 is 0 Å². The van der Waals surface area contributed by atoms with E-state index in [1.807, 2.05) is 10.8 Å². The number of hydrogen-bond donors (Lipinski definition) is 2. The van der Waals surface area contributed by atoms with Crippen LogP contribution in [0.1, 0.15) is 16.3 Å². The average molecular weight is 259 g/mol. The Morgan fingerprint density at radius 3 is 2.95 bits per heavy atom. The fraction of sp³-hybridized carbons (Fsp3) is 0.273. The Morgan fingerprint density at radius 1 is 1.32 bits per heavy atom. The predicted octanol–water partition coefficient (Wildman–Crippen LogP) is -0.385. The summed E-state index contributed by atoms with van der Waals surface area (Å²) in [6.45, 7) is 1.88. The van der Waals surface area contributed by atoms with Gasteiger partial charge in [-0.05, 0) is 12.1 Å². The molecular weight excluding hydrogens is 246 g/mol. The molecule has 2 aromatic rings. The summed E-state index contributed by atoms with van der Waals surface area (Å²) < 4.78 is 2.04. The van der Waals surface area contributed by atoms with E-state index < -0.39 is 0 Å². The van der Waals surface area contributed by atoms with Gasteiger partial charge < -0.3 is 14.9 Å². The second-order valence-corrected chi connectivity index (χ2v) is 4.21. The van der Waals surface area contributed by atoms with E-state index in [9.17, 15) is 4.79 Å². The number of fused-ring (bicyclic) bond motifs is 1. The van der Waals surface area contributed by atoms with E-state index in [4.69, 9.17) is 5.84 Å². The van der Waals surface area contributed by atoms with Crippen molar-refractivity contribution in [2.45, 2.75) is 13.1 Å². The van der Waals surface area contributed by atoms with Gasteiger partial charge in [-0.1, -0.05) is 0 Å². The zero-order chi connectivity index (χ0) is 13.2. The highest BCUT2D eigenvalue weighted by atomic mass is 16.2. The molecule has 0 bridgehead atoms. The fourth-order valence-electron chi connectivity index (χ4n) is 2.03. The van der Waals surface area contributed by atoms with E-state index in [0.29, 0.717) is 24.6 Å². The number of carbonyl (C=O) groups excluding carboxylic acids is 1. The Morgan fingerprint density at radius 2 is 2.21 bits per heavy atom. The first-order valence-electron chi connectivity index (χ1n) is 5.87. The van der Waals surface area contributed by atoms with E-state index in [1.165, 1.54) is 0 Å². The van der Waals surface area contributed by atoms with Gasteiger partial charge >= 0.3 is 0 Å². The lowest BCUT2D eigenvalue weighted by Crippen LogP contribution is -2.38. The monoisotopic (exact) mass is 259 g/mol. The van der Waals surface area contributed by atoms with Gasteiger partial charge in [0, 0.05) is 25.5 Å². The number of nitrogens with zero attached hydrogens (tertiary/aromatic N) is 5. The van der Waals surface area contributed by atoms with Crippen molar-refractivity contribution >= 4 is 11.7 Å². The van der Waals surface area contributed by atoms with Crippen molar-refractivity contribution in [3.05, 3.63) is 36.0 Å². The molecule has 3 heterocycles. The SMILES string of the molecule is NNc1ccc(C(=O)N2CCn3ccnc3C2)nn1. The molecule has 0 aliphatic carbocycles. The lowest BCUT2D eigenvalue weighted by Gasteiger charge is -2.27. The number of nitrogens with one attached hydrogen (secondary N) is 1. The van der Waals surface area contributed by atoms with E-state index in [2.05, 4.69) is 20.6 Å². The number of amides is 1. The molecule has 3 rings (SSSR count). The van der Waals surface area contributed by atoms with Crippen LogP contribution in [0.4, 0.5) is 5.82 Å². The van der Waals surface area contributed by atoms with E-state index in [1.54, 1.807) is 23.2 Å². The Bertz CT molecular complexity index is 591. The Balaban J connectivity index is 1.77. The molecule has 1 aliphatic heterocycles. The Hall–Kier alpha value is -2.48. The summed E-state index contributed by atoms with van der Waals surface area (Å²) in [6, 6.07) is 3.22. The quantitative estimate of drug-likeness (QED) is 0.563. The minimum absolute atomic E-state index is 0.148. The lowest BCUT2D eigenvalue weighted by molar-refractivity contribution is 0.0700. The van der Waals surface area contributed by atoms with Gasteiger partial charge in [0.1, 0.15) is 5.82 Å². The summed E-state index contributed by atoms with van der Waals surface area (Å²) in [5.41, 5.74) is 2.67. The highest BCUT2D eigenvalue weighted by molar-refractivity contribution is 5.92. The molecule has 1 amide bonds. The highest BCUT2D eigenvalue weighted by Gasteiger charge is 2.23. The summed E-state index contributed by atoms with van der Waals surface area (Å²) in [4.78, 5) is 18.2. The molecule has 1 aliphatic rings. The minimum atomic E-state index is -0.148. The first-order valence-corrected chi connectivity index (χ1v) is 5.87. The summed E-state index contributed by atoms with van der Waals surface area (Å²) in [7, 11) is 0. The number of anilines is 1. The standard InChI is InChI=1S/C11H13N7O/c12-14-9-2-1-8(15-16-9)11(19)18-6-5-17-4-3-13-10(17)7-18/h1-4H,5-7,12H2,(H,14,16). The summed E-state index contributed by atoms with van der Waals surface area (Å²) in [6.07, 6.45) is 3.66. The normalized spacial score (nSPS) is 14.1. The van der Waals surface area contributed by atoms with Gasteiger partial charge in [-0.25, -0.2) is 10.8 Å². The van der Waals surface area contributed by atoms with Crippen molar-refractivity contribution in [2.75, 3.05) is 12.0 Å². The van der Waals surface area contributed by atoms with Crippen LogP contribution in [0.5, 0.6) is 0 Å². The van der Waals surface area contributed by atoms with Crippen LogP contribution in [0.2, 0.25) is 0 Å². The zero-order valence-electron chi connectivity index (χ0n) is 10.2. The molecule has 0 saturated heterocycles. The number of hydrogen-bond acceptors (Lipinski definition) is 6. The topological polar surface area (TPSA) is 102 Å². The zero-order valence-corrected chi connectivity index (χ0v) is 10.2. The number of nitrogens with two attached hydrogens (primary N) is 1. The van der Waals surface area contributed by atoms with Crippen molar-refractivity contribution in [1.29, 1.82) is 0 Å². The van der Waals surface area contributed by atoms with Crippen LogP contribution in [0.3, 0.4) is 0 Å². The third-order valence-electron chi connectivity index (χ3n) is 3.06. The number of carbonyl (C=O) groups is 1. The van der Waals surface area contributed by atoms with Gasteiger partial charge in [0.05, 0.1) is 6.54 Å². The molecule has 0 aromatic carbocycles. The average Bonchev–Trinajstić information content (AvgIpc) is 2.94. The second kappa shape index (κ2) is 4.65. The van der Waals surface area contributed by atoms with Crippen molar-refractivity contribution < 1.29 is 4.79 Å². The van der Waals surface area contributed by atoms with Crippen LogP contribution in [0, 0.1) is 0 Å². The van der Waals surface area contributed by atoms with Gasteiger partial charge in [0.2, 0.25) is 0 Å². The molecule has 8 heteroatoms. The molecule has 98 valence electrons. The fourth-order valence-corrected chi connectivity index (χ4v) is 2.03. The largest absolute Gasteiger partial charge is 0.332 e. The molecule has 8 nitrogen and oxygen atoms in total. The maximum Gasteiger partial charge on any atom is 0.274 e. The maximum atomic E-state index is 12.3. The van der Waals surface area contributed by atoms with Crippen molar-refractivity contribution in [2.24, 2.45) is 5.84 Å². The second-order valence-electron chi connectivity index (χ2n) is 4.21. The molecule has 19 heavy (non-hydrogen) atoms. The van der Waals surface area contributed by atoms with Crippen LogP contribution in [0.15, 0.2) is 24.5 Å². The van der Waals surface area contributed by atoms with E-state index in [-0.39, 0.29) is 5.91 Å². The van der Waals surface area contributed by atoms with Gasteiger partial charge in [0.25, 0.3) is 5.91 Å². The Labute approximate surface area is 109 Å². The van der Waals surface area contributed by atoms with Gasteiger partial charge in [0.15, 0.2) is 11.5 Å². The number of hydrazine groups is 1. The molecule has 3 N–H and O–H groups in total. The van der Waals surface area contributed by atoms with Crippen molar-refractivity contribution in [3.8, 4) is 0 Å². The number of imidazole rings is 1. The molecule has 0 saturated carbocycles. The van der Waals surface area contributed by atoms with Crippen LogP contribution < -0.4 is 11.3 Å². The minimum Gasteiger partial charge on any atom is -0.332 e. The molecular formula is C11H13N7O. The molecule has 0 unspecified atom stereocenters. The number of rotatable bonds is 2. The first kappa shape index (κ1) is 11.6. The van der Waals surface area contributed by atoms with E-state index in [0.717, 1.165) is 12.4 Å². The number of aromatic nitrogens is 4. The third kappa shape index (κ3) is 2.13. The van der Waals surface area contributed by atoms with Gasteiger partial charge in [-0.15, -0.1) is 10.2 Å². The van der Waals surface area contributed by atoms with Crippen LogP contribution in [-0.4, -0.2) is 37.1 Å². The maximum absolute atomic E-state index is 12.3. The summed E-state index contributed by atoms with van der Waals surface area (Å²) in [5, 5.41) is 7.65. The lowest BCUT2D eigenvalue weighted by atomic mass is 10.3. The van der Waals surface area contributed by atoms with Crippen molar-refractivity contribution in [1.82, 2.24) is 24.6 Å². The molecule has 2 aromatic heterocycles. The smallest absolute Gasteiger partial charge is 0.274 e. The molecule has 0 fully saturated rings. The first-order chi connectivity index (χ1) is 9.28. The van der Waals surface area contributed by atoms with Crippen LogP contribution >= 0.6 is 0 Å².